The molecule has 0 spiro atoms. The van der Waals surface area contributed by atoms with E-state index in [-0.39, 0.29) is 11.8 Å². The summed E-state index contributed by atoms with van der Waals surface area (Å²) in [6.07, 6.45) is 0.789. The van der Waals surface area contributed by atoms with E-state index in [9.17, 15) is 4.79 Å². The molecule has 1 atom stereocenters. The molecule has 0 saturated heterocycles. The van der Waals surface area contributed by atoms with Gasteiger partial charge in [-0.05, 0) is 22.9 Å². The van der Waals surface area contributed by atoms with Crippen molar-refractivity contribution in [2.45, 2.75) is 25.7 Å². The molecule has 1 unspecified atom stereocenters. The second-order valence-electron chi connectivity index (χ2n) is 5.60. The van der Waals surface area contributed by atoms with Gasteiger partial charge >= 0.3 is 0 Å². The van der Waals surface area contributed by atoms with Gasteiger partial charge in [0.2, 0.25) is 17.6 Å². The number of rotatable bonds is 7. The van der Waals surface area contributed by atoms with Crippen molar-refractivity contribution in [3.63, 3.8) is 0 Å². The lowest BCUT2D eigenvalue weighted by Crippen LogP contribution is -2.27. The zero-order valence-corrected chi connectivity index (χ0v) is 14.3. The Bertz CT molecular complexity index is 769. The van der Waals surface area contributed by atoms with Crippen molar-refractivity contribution in [2.24, 2.45) is 0 Å². The Labute approximate surface area is 144 Å². The number of nitrogens with one attached hydrogen (secondary N) is 1. The van der Waals surface area contributed by atoms with Crippen molar-refractivity contribution in [3.8, 4) is 10.7 Å². The van der Waals surface area contributed by atoms with Crippen LogP contribution in [0.3, 0.4) is 0 Å². The summed E-state index contributed by atoms with van der Waals surface area (Å²) in [4.78, 5) is 17.3. The van der Waals surface area contributed by atoms with Gasteiger partial charge in [-0.25, -0.2) is 0 Å². The number of hydrogen-bond donors (Lipinski definition) is 1. The third-order valence-corrected chi connectivity index (χ3v) is 4.62. The molecule has 0 aliphatic rings. The lowest BCUT2D eigenvalue weighted by Gasteiger charge is -2.12. The number of hydrogen-bond acceptors (Lipinski definition) is 5. The maximum Gasteiger partial charge on any atom is 0.227 e. The van der Waals surface area contributed by atoms with Gasteiger partial charge in [-0.3, -0.25) is 4.79 Å². The Balaban J connectivity index is 1.44. The maximum absolute atomic E-state index is 12.0. The quantitative estimate of drug-likeness (QED) is 0.712. The smallest absolute Gasteiger partial charge is 0.227 e. The molecule has 2 heterocycles. The number of aryl methyl sites for hydroxylation is 1. The molecule has 1 amide bonds. The van der Waals surface area contributed by atoms with E-state index in [0.29, 0.717) is 31.1 Å². The molecule has 3 aromatic rings. The van der Waals surface area contributed by atoms with Crippen LogP contribution < -0.4 is 5.32 Å². The second-order valence-corrected chi connectivity index (χ2v) is 6.55. The van der Waals surface area contributed by atoms with Crippen molar-refractivity contribution in [3.05, 3.63) is 59.3 Å². The molecule has 3 rings (SSSR count). The number of amides is 1. The highest BCUT2D eigenvalue weighted by atomic mass is 32.1. The van der Waals surface area contributed by atoms with Gasteiger partial charge in [-0.1, -0.05) is 48.5 Å². The van der Waals surface area contributed by atoms with Crippen LogP contribution >= 0.6 is 11.3 Å². The maximum atomic E-state index is 12.0. The van der Waals surface area contributed by atoms with Gasteiger partial charge in [-0.2, -0.15) is 4.98 Å². The van der Waals surface area contributed by atoms with Crippen molar-refractivity contribution < 1.29 is 9.32 Å². The molecule has 2 aromatic heterocycles. The second kappa shape index (κ2) is 7.88. The van der Waals surface area contributed by atoms with E-state index in [2.05, 4.69) is 34.5 Å². The van der Waals surface area contributed by atoms with E-state index in [0.717, 1.165) is 4.88 Å². The summed E-state index contributed by atoms with van der Waals surface area (Å²) in [7, 11) is 0. The monoisotopic (exact) mass is 341 g/mol. The minimum absolute atomic E-state index is 0.00588. The van der Waals surface area contributed by atoms with Crippen LogP contribution in [0.1, 0.15) is 30.7 Å². The highest BCUT2D eigenvalue weighted by Crippen LogP contribution is 2.21. The average Bonchev–Trinajstić information content (AvgIpc) is 3.29. The average molecular weight is 341 g/mol. The molecule has 0 radical (unpaired) electrons. The number of carbonyl (C=O) groups excluding carboxylic acids is 1. The van der Waals surface area contributed by atoms with Crippen LogP contribution in [0.5, 0.6) is 0 Å². The SMILES string of the molecule is CC(CNC(=O)CCc1nc(-c2cccs2)no1)c1ccccc1. The molecule has 124 valence electrons. The number of benzene rings is 1. The molecule has 0 aliphatic heterocycles. The van der Waals surface area contributed by atoms with Gasteiger partial charge in [0.05, 0.1) is 4.88 Å². The Kier molecular flexibility index (Phi) is 5.38. The van der Waals surface area contributed by atoms with Gasteiger partial charge in [0, 0.05) is 19.4 Å². The standard InChI is InChI=1S/C18H19N3O2S/c1-13(14-6-3-2-4-7-14)12-19-16(22)9-10-17-20-18(21-23-17)15-8-5-11-24-15/h2-8,11,13H,9-10,12H2,1H3,(H,19,22). The number of nitrogens with zero attached hydrogens (tertiary/aromatic N) is 2. The molecule has 0 bridgehead atoms. The molecule has 5 nitrogen and oxygen atoms in total. The first-order valence-electron chi connectivity index (χ1n) is 7.90. The highest BCUT2D eigenvalue weighted by Gasteiger charge is 2.12. The van der Waals surface area contributed by atoms with Crippen LogP contribution in [-0.4, -0.2) is 22.6 Å². The minimum Gasteiger partial charge on any atom is -0.355 e. The fourth-order valence-electron chi connectivity index (χ4n) is 2.34. The molecule has 1 aromatic carbocycles. The summed E-state index contributed by atoms with van der Waals surface area (Å²) < 4.78 is 5.20. The summed E-state index contributed by atoms with van der Waals surface area (Å²) in [6, 6.07) is 14.0. The van der Waals surface area contributed by atoms with E-state index in [1.54, 1.807) is 11.3 Å². The predicted octanol–water partition coefficient (Wildman–Crippen LogP) is 3.65. The van der Waals surface area contributed by atoms with Crippen LogP contribution in [-0.2, 0) is 11.2 Å². The molecule has 1 N–H and O–H groups in total. The normalized spacial score (nSPS) is 12.0. The number of aromatic nitrogens is 2. The summed E-state index contributed by atoms with van der Waals surface area (Å²) in [5.74, 6) is 1.35. The number of carbonyl (C=O) groups is 1. The van der Waals surface area contributed by atoms with Gasteiger partial charge < -0.3 is 9.84 Å². The number of thiophene rings is 1. The van der Waals surface area contributed by atoms with Crippen LogP contribution in [0.2, 0.25) is 0 Å². The van der Waals surface area contributed by atoms with E-state index in [1.165, 1.54) is 5.56 Å². The fourth-order valence-corrected chi connectivity index (χ4v) is 2.99. The Morgan fingerprint density at radius 1 is 1.25 bits per heavy atom. The van der Waals surface area contributed by atoms with Crippen LogP contribution in [0.15, 0.2) is 52.4 Å². The minimum atomic E-state index is -0.00588. The molecule has 0 aliphatic carbocycles. The first-order valence-corrected chi connectivity index (χ1v) is 8.78. The first-order chi connectivity index (χ1) is 11.7. The molecule has 24 heavy (non-hydrogen) atoms. The lowest BCUT2D eigenvalue weighted by molar-refractivity contribution is -0.121. The Morgan fingerprint density at radius 3 is 2.83 bits per heavy atom. The molecule has 6 heteroatoms. The topological polar surface area (TPSA) is 68.0 Å². The molecule has 0 fully saturated rings. The van der Waals surface area contributed by atoms with Gasteiger partial charge in [0.15, 0.2) is 0 Å². The predicted molar refractivity (Wildman–Crippen MR) is 93.8 cm³/mol. The van der Waals surface area contributed by atoms with E-state index < -0.39 is 0 Å². The highest BCUT2D eigenvalue weighted by molar-refractivity contribution is 7.13. The van der Waals surface area contributed by atoms with E-state index in [1.807, 2.05) is 35.7 Å². The van der Waals surface area contributed by atoms with Crippen LogP contribution in [0.25, 0.3) is 10.7 Å². The Hall–Kier alpha value is -2.47. The third-order valence-electron chi connectivity index (χ3n) is 3.75. The largest absolute Gasteiger partial charge is 0.355 e. The third kappa shape index (κ3) is 4.29. The summed E-state index contributed by atoms with van der Waals surface area (Å²) in [6.45, 7) is 2.72. The summed E-state index contributed by atoms with van der Waals surface area (Å²) in [5.41, 5.74) is 1.22. The molecular weight excluding hydrogens is 322 g/mol. The molecular formula is C18H19N3O2S. The van der Waals surface area contributed by atoms with Crippen molar-refractivity contribution >= 4 is 17.2 Å². The van der Waals surface area contributed by atoms with Crippen LogP contribution in [0, 0.1) is 0 Å². The van der Waals surface area contributed by atoms with Crippen molar-refractivity contribution in [1.82, 2.24) is 15.5 Å². The van der Waals surface area contributed by atoms with Crippen LogP contribution in [0.4, 0.5) is 0 Å². The van der Waals surface area contributed by atoms with Gasteiger partial charge in [0.25, 0.3) is 0 Å². The zero-order valence-electron chi connectivity index (χ0n) is 13.4. The van der Waals surface area contributed by atoms with Crippen molar-refractivity contribution in [1.29, 1.82) is 0 Å². The van der Waals surface area contributed by atoms with E-state index in [4.69, 9.17) is 4.52 Å². The zero-order chi connectivity index (χ0) is 16.8. The fraction of sp³-hybridized carbons (Fsp3) is 0.278. The van der Waals surface area contributed by atoms with Crippen molar-refractivity contribution in [2.75, 3.05) is 6.54 Å². The summed E-state index contributed by atoms with van der Waals surface area (Å²) >= 11 is 1.56. The summed E-state index contributed by atoms with van der Waals surface area (Å²) in [5, 5.41) is 8.87. The van der Waals surface area contributed by atoms with Gasteiger partial charge in [-0.15, -0.1) is 11.3 Å². The lowest BCUT2D eigenvalue weighted by atomic mass is 10.0. The Morgan fingerprint density at radius 2 is 2.08 bits per heavy atom. The first kappa shape index (κ1) is 16.4. The van der Waals surface area contributed by atoms with Gasteiger partial charge in [0.1, 0.15) is 0 Å². The molecule has 0 saturated carbocycles. The van der Waals surface area contributed by atoms with E-state index >= 15 is 0 Å².